The molecule has 1 heterocycles. The van der Waals surface area contributed by atoms with Gasteiger partial charge in [0, 0.05) is 31.5 Å². The first-order chi connectivity index (χ1) is 8.69. The zero-order chi connectivity index (χ0) is 13.0. The fourth-order valence-corrected chi connectivity index (χ4v) is 1.96. The molecule has 0 saturated carbocycles. The fraction of sp³-hybridized carbons (Fsp3) is 0.333. The largest absolute Gasteiger partial charge is 0.354 e. The van der Waals surface area contributed by atoms with Crippen molar-refractivity contribution in [3.05, 3.63) is 59.7 Å². The second-order valence-corrected chi connectivity index (χ2v) is 4.51. The Morgan fingerprint density at radius 2 is 2.17 bits per heavy atom. The molecular weight excluding hydrogens is 227 g/mol. The van der Waals surface area contributed by atoms with Crippen molar-refractivity contribution in [3.8, 4) is 0 Å². The Labute approximate surface area is 107 Å². The summed E-state index contributed by atoms with van der Waals surface area (Å²) in [6.45, 7) is 5.95. The van der Waals surface area contributed by atoms with Crippen LogP contribution in [0.5, 0.6) is 0 Å². The normalized spacial score (nSPS) is 12.6. The highest BCUT2D eigenvalue weighted by Crippen LogP contribution is 2.14. The third kappa shape index (κ3) is 3.20. The maximum atomic E-state index is 13.1. The number of nitrogens with zero attached hydrogens (tertiary/aromatic N) is 1. The van der Waals surface area contributed by atoms with Crippen molar-refractivity contribution in [3.63, 3.8) is 0 Å². The highest BCUT2D eigenvalue weighted by Gasteiger charge is 2.06. The summed E-state index contributed by atoms with van der Waals surface area (Å²) in [7, 11) is 0. The number of aryl methyl sites for hydroxylation is 1. The molecule has 96 valence electrons. The molecule has 0 spiro atoms. The molecular formula is C15H19FN2. The van der Waals surface area contributed by atoms with Gasteiger partial charge in [0.15, 0.2) is 0 Å². The summed E-state index contributed by atoms with van der Waals surface area (Å²) < 4.78 is 15.3. The van der Waals surface area contributed by atoms with Gasteiger partial charge < -0.3 is 9.88 Å². The highest BCUT2D eigenvalue weighted by molar-refractivity contribution is 5.20. The molecule has 0 radical (unpaired) electrons. The van der Waals surface area contributed by atoms with Gasteiger partial charge in [-0.25, -0.2) is 4.39 Å². The third-order valence-electron chi connectivity index (χ3n) is 3.14. The number of nitrogens with one attached hydrogen (secondary N) is 1. The molecule has 18 heavy (non-hydrogen) atoms. The molecule has 2 aromatic rings. The van der Waals surface area contributed by atoms with Gasteiger partial charge >= 0.3 is 0 Å². The van der Waals surface area contributed by atoms with E-state index in [1.807, 2.05) is 13.0 Å². The molecule has 0 aliphatic rings. The van der Waals surface area contributed by atoms with Crippen LogP contribution >= 0.6 is 0 Å². The lowest BCUT2D eigenvalue weighted by Crippen LogP contribution is -2.17. The maximum Gasteiger partial charge on any atom is 0.123 e. The van der Waals surface area contributed by atoms with E-state index in [9.17, 15) is 4.39 Å². The second kappa shape index (κ2) is 5.83. The van der Waals surface area contributed by atoms with Crippen LogP contribution in [0.2, 0.25) is 0 Å². The molecule has 0 aliphatic heterocycles. The quantitative estimate of drug-likeness (QED) is 0.854. The van der Waals surface area contributed by atoms with Crippen molar-refractivity contribution in [2.24, 2.45) is 0 Å². The van der Waals surface area contributed by atoms with Crippen LogP contribution in [0.15, 0.2) is 42.7 Å². The van der Waals surface area contributed by atoms with Crippen LogP contribution in [-0.2, 0) is 13.1 Å². The number of rotatable bonds is 5. The monoisotopic (exact) mass is 246 g/mol. The van der Waals surface area contributed by atoms with Crippen molar-refractivity contribution < 1.29 is 4.39 Å². The first kappa shape index (κ1) is 12.8. The Morgan fingerprint density at radius 3 is 2.83 bits per heavy atom. The zero-order valence-electron chi connectivity index (χ0n) is 10.9. The van der Waals surface area contributed by atoms with Crippen LogP contribution in [0.3, 0.4) is 0 Å². The van der Waals surface area contributed by atoms with Crippen molar-refractivity contribution in [2.45, 2.75) is 33.0 Å². The molecule has 1 N–H and O–H groups in total. The van der Waals surface area contributed by atoms with Gasteiger partial charge in [0.25, 0.3) is 0 Å². The Morgan fingerprint density at radius 1 is 1.33 bits per heavy atom. The lowest BCUT2D eigenvalue weighted by molar-refractivity contribution is 0.564. The second-order valence-electron chi connectivity index (χ2n) is 4.51. The molecule has 1 aromatic heterocycles. The van der Waals surface area contributed by atoms with Gasteiger partial charge in [-0.05, 0) is 43.2 Å². The van der Waals surface area contributed by atoms with Gasteiger partial charge in [-0.3, -0.25) is 0 Å². The summed E-state index contributed by atoms with van der Waals surface area (Å²) in [5.41, 5.74) is 2.23. The smallest absolute Gasteiger partial charge is 0.123 e. The molecule has 0 saturated heterocycles. The van der Waals surface area contributed by atoms with E-state index in [1.165, 1.54) is 11.6 Å². The topological polar surface area (TPSA) is 17.0 Å². The minimum atomic E-state index is -0.182. The summed E-state index contributed by atoms with van der Waals surface area (Å²) in [6.07, 6.45) is 4.20. The van der Waals surface area contributed by atoms with Gasteiger partial charge in [0.2, 0.25) is 0 Å². The first-order valence-electron chi connectivity index (χ1n) is 6.32. The third-order valence-corrected chi connectivity index (χ3v) is 3.14. The Hall–Kier alpha value is -1.61. The summed E-state index contributed by atoms with van der Waals surface area (Å²) in [4.78, 5) is 0. The molecule has 1 unspecified atom stereocenters. The first-order valence-corrected chi connectivity index (χ1v) is 6.32. The van der Waals surface area contributed by atoms with Gasteiger partial charge in [0.05, 0.1) is 0 Å². The molecule has 2 rings (SSSR count). The predicted octanol–water partition coefficient (Wildman–Crippen LogP) is 3.50. The molecule has 0 amide bonds. The van der Waals surface area contributed by atoms with Crippen molar-refractivity contribution >= 4 is 0 Å². The van der Waals surface area contributed by atoms with Gasteiger partial charge in [-0.15, -0.1) is 0 Å². The molecule has 0 bridgehead atoms. The van der Waals surface area contributed by atoms with E-state index >= 15 is 0 Å². The summed E-state index contributed by atoms with van der Waals surface area (Å²) in [5.74, 6) is -0.182. The minimum Gasteiger partial charge on any atom is -0.354 e. The average molecular weight is 246 g/mol. The van der Waals surface area contributed by atoms with Crippen molar-refractivity contribution in [2.75, 3.05) is 0 Å². The van der Waals surface area contributed by atoms with Crippen LogP contribution in [0.25, 0.3) is 0 Å². The van der Waals surface area contributed by atoms with E-state index < -0.39 is 0 Å². The van der Waals surface area contributed by atoms with Crippen molar-refractivity contribution in [1.29, 1.82) is 0 Å². The lowest BCUT2D eigenvalue weighted by atomic mass is 10.1. The number of benzene rings is 1. The molecule has 3 heteroatoms. The molecule has 0 fully saturated rings. The van der Waals surface area contributed by atoms with E-state index in [1.54, 1.807) is 12.1 Å². The molecule has 0 aliphatic carbocycles. The van der Waals surface area contributed by atoms with Gasteiger partial charge in [-0.1, -0.05) is 12.1 Å². The lowest BCUT2D eigenvalue weighted by Gasteiger charge is -2.13. The number of aromatic nitrogens is 1. The van der Waals surface area contributed by atoms with E-state index in [0.29, 0.717) is 0 Å². The van der Waals surface area contributed by atoms with Crippen LogP contribution in [0.4, 0.5) is 4.39 Å². The van der Waals surface area contributed by atoms with Crippen LogP contribution in [0.1, 0.15) is 31.0 Å². The highest BCUT2D eigenvalue weighted by atomic mass is 19.1. The van der Waals surface area contributed by atoms with Crippen LogP contribution in [0, 0.1) is 5.82 Å². The SMILES string of the molecule is CCn1ccc(CNC(C)c2cccc(F)c2)c1. The van der Waals surface area contributed by atoms with E-state index in [4.69, 9.17) is 0 Å². The fourth-order valence-electron chi connectivity index (χ4n) is 1.96. The van der Waals surface area contributed by atoms with E-state index in [2.05, 4.69) is 35.3 Å². The van der Waals surface area contributed by atoms with E-state index in [0.717, 1.165) is 18.7 Å². The Bertz CT molecular complexity index is 505. The minimum absolute atomic E-state index is 0.144. The van der Waals surface area contributed by atoms with Crippen LogP contribution in [-0.4, -0.2) is 4.57 Å². The molecule has 1 atom stereocenters. The average Bonchev–Trinajstić information content (AvgIpc) is 2.84. The molecule has 1 aromatic carbocycles. The number of hydrogen-bond donors (Lipinski definition) is 1. The summed E-state index contributed by atoms with van der Waals surface area (Å²) in [5, 5.41) is 3.40. The van der Waals surface area contributed by atoms with Gasteiger partial charge in [0.1, 0.15) is 5.82 Å². The maximum absolute atomic E-state index is 13.1. The van der Waals surface area contributed by atoms with E-state index in [-0.39, 0.29) is 11.9 Å². The standard InChI is InChI=1S/C15H19FN2/c1-3-18-8-7-13(11-18)10-17-12(2)14-5-4-6-15(16)9-14/h4-9,11-12,17H,3,10H2,1-2H3. The summed E-state index contributed by atoms with van der Waals surface area (Å²) in [6, 6.07) is 8.99. The van der Waals surface area contributed by atoms with Crippen LogP contribution < -0.4 is 5.32 Å². The zero-order valence-corrected chi connectivity index (χ0v) is 10.9. The number of hydrogen-bond acceptors (Lipinski definition) is 1. The Balaban J connectivity index is 1.93. The van der Waals surface area contributed by atoms with Gasteiger partial charge in [-0.2, -0.15) is 0 Å². The van der Waals surface area contributed by atoms with Crippen molar-refractivity contribution in [1.82, 2.24) is 9.88 Å². The summed E-state index contributed by atoms with van der Waals surface area (Å²) >= 11 is 0. The predicted molar refractivity (Wildman–Crippen MR) is 71.8 cm³/mol. The number of halogens is 1. The molecule has 2 nitrogen and oxygen atoms in total. The Kier molecular flexibility index (Phi) is 4.15.